The predicted octanol–water partition coefficient (Wildman–Crippen LogP) is 3.85. The number of hydrogen-bond donors (Lipinski definition) is 0. The van der Waals surface area contributed by atoms with E-state index in [-0.39, 0.29) is 6.09 Å². The molecule has 1 aliphatic heterocycles. The third kappa shape index (κ3) is 6.15. The van der Waals surface area contributed by atoms with Crippen molar-refractivity contribution in [3.05, 3.63) is 16.9 Å². The largest absolute Gasteiger partial charge is 0.463 e. The van der Waals surface area contributed by atoms with Crippen molar-refractivity contribution in [2.75, 3.05) is 19.7 Å². The number of rotatable bonds is 4. The number of nitrogens with zero attached hydrogens (tertiary/aromatic N) is 3. The highest BCUT2D eigenvalue weighted by Crippen LogP contribution is 2.22. The number of amides is 1. The van der Waals surface area contributed by atoms with Crippen LogP contribution in [0.5, 0.6) is 6.01 Å². The Bertz CT molecular complexity index is 554. The molecule has 0 unspecified atom stereocenters. The van der Waals surface area contributed by atoms with Crippen molar-refractivity contribution in [2.24, 2.45) is 5.92 Å². The first-order valence-corrected chi connectivity index (χ1v) is 8.72. The molecule has 1 aromatic rings. The summed E-state index contributed by atoms with van der Waals surface area (Å²) in [5, 5.41) is 0.381. The molecule has 1 amide bonds. The summed E-state index contributed by atoms with van der Waals surface area (Å²) in [7, 11) is 0. The number of halogens is 1. The maximum atomic E-state index is 12.2. The Labute approximate surface area is 148 Å². The van der Waals surface area contributed by atoms with E-state index in [9.17, 15) is 4.79 Å². The Morgan fingerprint density at radius 2 is 2.17 bits per heavy atom. The van der Waals surface area contributed by atoms with Crippen LogP contribution in [0.25, 0.3) is 0 Å². The SMILES string of the molecule is Cc1cc(Cl)nc(OCC[C@H]2CCCN(C(=O)OC(C)(C)C)C2)n1. The van der Waals surface area contributed by atoms with Gasteiger partial charge in [-0.15, -0.1) is 0 Å². The van der Waals surface area contributed by atoms with E-state index in [2.05, 4.69) is 9.97 Å². The van der Waals surface area contributed by atoms with Gasteiger partial charge in [0.05, 0.1) is 6.61 Å². The summed E-state index contributed by atoms with van der Waals surface area (Å²) >= 11 is 5.90. The summed E-state index contributed by atoms with van der Waals surface area (Å²) in [5.74, 6) is 0.395. The molecular weight excluding hydrogens is 330 g/mol. The smallest absolute Gasteiger partial charge is 0.410 e. The Hall–Kier alpha value is -1.56. The second kappa shape index (κ2) is 8.01. The van der Waals surface area contributed by atoms with E-state index in [1.807, 2.05) is 27.7 Å². The minimum absolute atomic E-state index is 0.234. The fourth-order valence-corrected chi connectivity index (χ4v) is 2.91. The van der Waals surface area contributed by atoms with Crippen LogP contribution in [0.15, 0.2) is 6.07 Å². The van der Waals surface area contributed by atoms with Gasteiger partial charge in [-0.3, -0.25) is 0 Å². The molecule has 0 aliphatic carbocycles. The Balaban J connectivity index is 1.79. The lowest BCUT2D eigenvalue weighted by molar-refractivity contribution is 0.0154. The highest BCUT2D eigenvalue weighted by atomic mass is 35.5. The monoisotopic (exact) mass is 355 g/mol. The zero-order chi connectivity index (χ0) is 17.7. The number of carbonyl (C=O) groups is 1. The highest BCUT2D eigenvalue weighted by molar-refractivity contribution is 6.29. The Kier molecular flexibility index (Phi) is 6.27. The summed E-state index contributed by atoms with van der Waals surface area (Å²) in [6, 6.07) is 1.99. The van der Waals surface area contributed by atoms with Gasteiger partial charge in [-0.1, -0.05) is 11.6 Å². The van der Waals surface area contributed by atoms with Crippen LogP contribution in [0.1, 0.15) is 45.7 Å². The summed E-state index contributed by atoms with van der Waals surface area (Å²) in [5.41, 5.74) is 0.313. The number of aromatic nitrogens is 2. The van der Waals surface area contributed by atoms with Gasteiger partial charge in [0, 0.05) is 18.8 Å². The van der Waals surface area contributed by atoms with E-state index >= 15 is 0 Å². The molecule has 1 aliphatic rings. The van der Waals surface area contributed by atoms with Crippen LogP contribution < -0.4 is 4.74 Å². The molecule has 24 heavy (non-hydrogen) atoms. The molecule has 2 heterocycles. The number of aryl methyl sites for hydroxylation is 1. The lowest BCUT2D eigenvalue weighted by atomic mass is 9.95. The van der Waals surface area contributed by atoms with Gasteiger partial charge in [-0.05, 0) is 58.9 Å². The average Bonchev–Trinajstić information content (AvgIpc) is 2.45. The molecule has 6 nitrogen and oxygen atoms in total. The van der Waals surface area contributed by atoms with Crippen LogP contribution in [-0.2, 0) is 4.74 Å². The number of carbonyl (C=O) groups excluding carboxylic acids is 1. The van der Waals surface area contributed by atoms with Crippen molar-refractivity contribution in [2.45, 2.75) is 52.6 Å². The molecule has 0 aromatic carbocycles. The first-order chi connectivity index (χ1) is 11.2. The molecular formula is C17H26ClN3O3. The zero-order valence-corrected chi connectivity index (χ0v) is 15.6. The van der Waals surface area contributed by atoms with Crippen LogP contribution in [0.3, 0.4) is 0 Å². The maximum absolute atomic E-state index is 12.2. The molecule has 0 N–H and O–H groups in total. The molecule has 2 rings (SSSR count). The molecule has 0 bridgehead atoms. The van der Waals surface area contributed by atoms with Gasteiger partial charge in [0.25, 0.3) is 0 Å². The number of ether oxygens (including phenoxy) is 2. The quantitative estimate of drug-likeness (QED) is 0.767. The highest BCUT2D eigenvalue weighted by Gasteiger charge is 2.27. The van der Waals surface area contributed by atoms with Crippen LogP contribution in [0.2, 0.25) is 5.15 Å². The van der Waals surface area contributed by atoms with E-state index in [1.54, 1.807) is 11.0 Å². The van der Waals surface area contributed by atoms with Crippen molar-refractivity contribution in [1.29, 1.82) is 0 Å². The molecule has 7 heteroatoms. The Morgan fingerprint density at radius 1 is 1.42 bits per heavy atom. The normalized spacial score (nSPS) is 18.4. The van der Waals surface area contributed by atoms with Gasteiger partial charge < -0.3 is 14.4 Å². The van der Waals surface area contributed by atoms with Gasteiger partial charge in [-0.25, -0.2) is 9.78 Å². The van der Waals surface area contributed by atoms with Crippen LogP contribution >= 0.6 is 11.6 Å². The molecule has 0 radical (unpaired) electrons. The fourth-order valence-electron chi connectivity index (χ4n) is 2.68. The van der Waals surface area contributed by atoms with E-state index in [0.29, 0.717) is 30.2 Å². The minimum atomic E-state index is -0.463. The number of piperidine rings is 1. The molecule has 1 aromatic heterocycles. The predicted molar refractivity (Wildman–Crippen MR) is 92.4 cm³/mol. The molecule has 0 spiro atoms. The number of hydrogen-bond acceptors (Lipinski definition) is 5. The molecule has 134 valence electrons. The summed E-state index contributed by atoms with van der Waals surface area (Å²) in [6.45, 7) is 9.46. The minimum Gasteiger partial charge on any atom is -0.463 e. The van der Waals surface area contributed by atoms with Crippen molar-refractivity contribution >= 4 is 17.7 Å². The van der Waals surface area contributed by atoms with Gasteiger partial charge in [-0.2, -0.15) is 4.98 Å². The lowest BCUT2D eigenvalue weighted by Crippen LogP contribution is -2.43. The second-order valence-corrected chi connectivity index (χ2v) is 7.57. The van der Waals surface area contributed by atoms with E-state index in [4.69, 9.17) is 21.1 Å². The summed E-state index contributed by atoms with van der Waals surface area (Å²) in [6.07, 6.45) is 2.67. The van der Waals surface area contributed by atoms with E-state index in [0.717, 1.165) is 31.5 Å². The topological polar surface area (TPSA) is 64.5 Å². The van der Waals surface area contributed by atoms with Crippen LogP contribution in [0, 0.1) is 12.8 Å². The Morgan fingerprint density at radius 3 is 2.83 bits per heavy atom. The van der Waals surface area contributed by atoms with Crippen molar-refractivity contribution < 1.29 is 14.3 Å². The lowest BCUT2D eigenvalue weighted by Gasteiger charge is -2.34. The average molecular weight is 356 g/mol. The van der Waals surface area contributed by atoms with E-state index in [1.165, 1.54) is 0 Å². The van der Waals surface area contributed by atoms with Gasteiger partial charge in [0.2, 0.25) is 0 Å². The number of likely N-dealkylation sites (tertiary alicyclic amines) is 1. The van der Waals surface area contributed by atoms with Crippen LogP contribution in [-0.4, -0.2) is 46.3 Å². The molecule has 1 saturated heterocycles. The molecule has 1 fully saturated rings. The van der Waals surface area contributed by atoms with Crippen molar-refractivity contribution in [3.63, 3.8) is 0 Å². The van der Waals surface area contributed by atoms with Crippen LogP contribution in [0.4, 0.5) is 4.79 Å². The fraction of sp³-hybridized carbons (Fsp3) is 0.706. The molecule has 1 atom stereocenters. The van der Waals surface area contributed by atoms with Gasteiger partial charge in [0.1, 0.15) is 10.8 Å². The first kappa shape index (κ1) is 18.8. The van der Waals surface area contributed by atoms with Gasteiger partial charge in [0.15, 0.2) is 0 Å². The van der Waals surface area contributed by atoms with E-state index < -0.39 is 5.60 Å². The second-order valence-electron chi connectivity index (χ2n) is 7.19. The summed E-state index contributed by atoms with van der Waals surface area (Å²) < 4.78 is 11.1. The standard InChI is InChI=1S/C17H26ClN3O3/c1-12-10-14(18)20-15(19-12)23-9-7-13-6-5-8-21(11-13)16(22)24-17(2,3)4/h10,13H,5-9,11H2,1-4H3/t13-/m1/s1. The molecule has 0 saturated carbocycles. The third-order valence-corrected chi connectivity index (χ3v) is 3.92. The zero-order valence-electron chi connectivity index (χ0n) is 14.8. The van der Waals surface area contributed by atoms with Crippen molar-refractivity contribution in [3.8, 4) is 6.01 Å². The summed E-state index contributed by atoms with van der Waals surface area (Å²) in [4.78, 5) is 22.2. The van der Waals surface area contributed by atoms with Gasteiger partial charge >= 0.3 is 12.1 Å². The maximum Gasteiger partial charge on any atom is 0.410 e. The van der Waals surface area contributed by atoms with Crippen molar-refractivity contribution in [1.82, 2.24) is 14.9 Å². The third-order valence-electron chi connectivity index (χ3n) is 3.73. The first-order valence-electron chi connectivity index (χ1n) is 8.35.